The highest BCUT2D eigenvalue weighted by atomic mass is 16.1. The number of benzene rings is 2. The van der Waals surface area contributed by atoms with Gasteiger partial charge in [0, 0.05) is 46.4 Å². The monoisotopic (exact) mass is 342 g/mol. The highest BCUT2D eigenvalue weighted by molar-refractivity contribution is 5.99. The fourth-order valence-electron chi connectivity index (χ4n) is 2.78. The van der Waals surface area contributed by atoms with E-state index in [0.29, 0.717) is 0 Å². The minimum absolute atomic E-state index is 0.114. The van der Waals surface area contributed by atoms with Crippen molar-refractivity contribution < 1.29 is 4.79 Å². The number of nitrogens with one attached hydrogen (secondary N) is 4. The largest absolute Gasteiger partial charge is 0.348 e. The Morgan fingerprint density at radius 3 is 1.65 bits per heavy atom. The molecule has 4 aromatic rings. The number of para-hydroxylation sites is 2. The van der Waals surface area contributed by atoms with E-state index in [1.54, 1.807) is 12.4 Å². The zero-order valence-corrected chi connectivity index (χ0v) is 14.0. The summed E-state index contributed by atoms with van der Waals surface area (Å²) in [6.07, 6.45) is 6.21. The lowest BCUT2D eigenvalue weighted by Crippen LogP contribution is -1.93. The Labute approximate surface area is 150 Å². The quantitative estimate of drug-likeness (QED) is 0.381. The molecule has 0 amide bonds. The molecule has 26 heavy (non-hydrogen) atoms. The van der Waals surface area contributed by atoms with E-state index >= 15 is 0 Å². The van der Waals surface area contributed by atoms with Gasteiger partial charge in [0.2, 0.25) is 0 Å². The van der Waals surface area contributed by atoms with Crippen LogP contribution in [-0.2, 0) is 4.79 Å². The van der Waals surface area contributed by atoms with E-state index in [1.165, 1.54) is 12.2 Å². The maximum atomic E-state index is 11.9. The molecule has 5 nitrogen and oxygen atoms in total. The molecule has 2 aromatic carbocycles. The summed E-state index contributed by atoms with van der Waals surface area (Å²) in [5.41, 5.74) is 2.11. The molecule has 0 unspecified atom stereocenters. The second-order valence-corrected chi connectivity index (χ2v) is 5.90. The minimum Gasteiger partial charge on any atom is -0.348 e. The number of carbonyl (C=O) groups excluding carboxylic acids is 1. The third-order valence-corrected chi connectivity index (χ3v) is 4.03. The maximum absolute atomic E-state index is 11.9. The Balaban J connectivity index is 1.32. The van der Waals surface area contributed by atoms with Crippen LogP contribution in [0.5, 0.6) is 0 Å². The molecule has 2 heterocycles. The topological polar surface area (TPSA) is 72.7 Å². The van der Waals surface area contributed by atoms with Crippen molar-refractivity contribution in [2.75, 3.05) is 10.6 Å². The number of fused-ring (bicyclic) bond motifs is 2. The predicted octanol–water partition coefficient (Wildman–Crippen LogP) is 4.77. The number of allylic oxidation sites excluding steroid dienone is 2. The summed E-state index contributed by atoms with van der Waals surface area (Å²) < 4.78 is 0. The molecule has 0 spiro atoms. The van der Waals surface area contributed by atoms with E-state index < -0.39 is 0 Å². The molecule has 0 bridgehead atoms. The Kier molecular flexibility index (Phi) is 4.26. The molecular formula is C21H18N4O. The van der Waals surface area contributed by atoms with E-state index in [9.17, 15) is 4.79 Å². The second kappa shape index (κ2) is 7.03. The van der Waals surface area contributed by atoms with Gasteiger partial charge in [-0.1, -0.05) is 36.4 Å². The number of anilines is 2. The van der Waals surface area contributed by atoms with Crippen molar-refractivity contribution in [2.45, 2.75) is 0 Å². The van der Waals surface area contributed by atoms with Gasteiger partial charge >= 0.3 is 0 Å². The standard InChI is InChI=1S/C21H18N4O/c26-17(9-11-22-20-13-15-5-1-3-7-18(15)24-20)10-12-23-21-14-16-6-2-4-8-19(16)25-21/h1-14,22-25H. The molecule has 0 fully saturated rings. The van der Waals surface area contributed by atoms with Crippen LogP contribution in [0.4, 0.5) is 11.6 Å². The highest BCUT2D eigenvalue weighted by Gasteiger charge is 1.98. The number of rotatable bonds is 6. The first-order chi connectivity index (χ1) is 12.8. The average Bonchev–Trinajstić information content (AvgIpc) is 3.24. The van der Waals surface area contributed by atoms with Gasteiger partial charge in [0.25, 0.3) is 0 Å². The Morgan fingerprint density at radius 2 is 1.19 bits per heavy atom. The normalized spacial score (nSPS) is 11.7. The molecule has 4 rings (SSSR count). The van der Waals surface area contributed by atoms with E-state index in [0.717, 1.165) is 33.4 Å². The van der Waals surface area contributed by atoms with Gasteiger partial charge < -0.3 is 20.6 Å². The summed E-state index contributed by atoms with van der Waals surface area (Å²) in [7, 11) is 0. The SMILES string of the molecule is O=C(C=CNc1cc2ccccc2[nH]1)C=CNc1cc2ccccc2[nH]1. The second-order valence-electron chi connectivity index (χ2n) is 5.90. The average molecular weight is 342 g/mol. The van der Waals surface area contributed by atoms with Crippen molar-refractivity contribution in [3.05, 3.63) is 85.2 Å². The van der Waals surface area contributed by atoms with Gasteiger partial charge in [-0.25, -0.2) is 0 Å². The van der Waals surface area contributed by atoms with Crippen molar-refractivity contribution in [1.82, 2.24) is 9.97 Å². The minimum atomic E-state index is -0.114. The van der Waals surface area contributed by atoms with Gasteiger partial charge in [0.05, 0.1) is 0 Å². The molecule has 0 aliphatic heterocycles. The molecular weight excluding hydrogens is 324 g/mol. The summed E-state index contributed by atoms with van der Waals surface area (Å²) >= 11 is 0. The number of hydrogen-bond acceptors (Lipinski definition) is 3. The van der Waals surface area contributed by atoms with Crippen LogP contribution >= 0.6 is 0 Å². The van der Waals surface area contributed by atoms with Crippen LogP contribution < -0.4 is 10.6 Å². The molecule has 2 aromatic heterocycles. The summed E-state index contributed by atoms with van der Waals surface area (Å²) in [5.74, 6) is 1.57. The number of aromatic nitrogens is 2. The van der Waals surface area contributed by atoms with Crippen LogP contribution in [0.15, 0.2) is 85.2 Å². The third kappa shape index (κ3) is 3.52. The van der Waals surface area contributed by atoms with Crippen molar-refractivity contribution >= 4 is 39.2 Å². The smallest absolute Gasteiger partial charge is 0.181 e. The fraction of sp³-hybridized carbons (Fsp3) is 0. The van der Waals surface area contributed by atoms with E-state index in [4.69, 9.17) is 0 Å². The van der Waals surface area contributed by atoms with Crippen LogP contribution in [0.3, 0.4) is 0 Å². The molecule has 0 saturated carbocycles. The Hall–Kier alpha value is -3.73. The van der Waals surface area contributed by atoms with E-state index in [-0.39, 0.29) is 5.78 Å². The maximum Gasteiger partial charge on any atom is 0.181 e. The Morgan fingerprint density at radius 1 is 0.731 bits per heavy atom. The van der Waals surface area contributed by atoms with Crippen LogP contribution in [0.25, 0.3) is 21.8 Å². The number of H-pyrrole nitrogens is 2. The first kappa shape index (κ1) is 15.8. The van der Waals surface area contributed by atoms with Gasteiger partial charge in [0.1, 0.15) is 11.6 Å². The first-order valence-corrected chi connectivity index (χ1v) is 8.33. The number of aromatic amines is 2. The first-order valence-electron chi connectivity index (χ1n) is 8.33. The lowest BCUT2D eigenvalue weighted by atomic mass is 10.2. The van der Waals surface area contributed by atoms with E-state index in [1.807, 2.05) is 60.7 Å². The molecule has 0 atom stereocenters. The van der Waals surface area contributed by atoms with Crippen LogP contribution in [0.2, 0.25) is 0 Å². The number of ketones is 1. The number of carbonyl (C=O) groups is 1. The molecule has 0 saturated heterocycles. The molecule has 0 aliphatic carbocycles. The van der Waals surface area contributed by atoms with Gasteiger partial charge in [-0.05, 0) is 24.3 Å². The summed E-state index contributed by atoms with van der Waals surface area (Å²) in [5, 5.41) is 8.39. The lowest BCUT2D eigenvalue weighted by Gasteiger charge is -1.95. The molecule has 128 valence electrons. The van der Waals surface area contributed by atoms with Gasteiger partial charge in [-0.2, -0.15) is 0 Å². The van der Waals surface area contributed by atoms with Crippen molar-refractivity contribution in [3.8, 4) is 0 Å². The predicted molar refractivity (Wildman–Crippen MR) is 107 cm³/mol. The summed E-state index contributed by atoms with van der Waals surface area (Å²) in [6.45, 7) is 0. The third-order valence-electron chi connectivity index (χ3n) is 4.03. The van der Waals surface area contributed by atoms with Gasteiger partial charge in [-0.3, -0.25) is 4.79 Å². The lowest BCUT2D eigenvalue weighted by molar-refractivity contribution is -0.110. The van der Waals surface area contributed by atoms with Gasteiger partial charge in [0.15, 0.2) is 5.78 Å². The zero-order chi connectivity index (χ0) is 17.8. The fourth-order valence-corrected chi connectivity index (χ4v) is 2.78. The highest BCUT2D eigenvalue weighted by Crippen LogP contribution is 2.18. The van der Waals surface area contributed by atoms with Crippen LogP contribution in [-0.4, -0.2) is 15.8 Å². The van der Waals surface area contributed by atoms with Crippen molar-refractivity contribution in [3.63, 3.8) is 0 Å². The summed E-state index contributed by atoms with van der Waals surface area (Å²) in [4.78, 5) is 18.4. The number of hydrogen-bond donors (Lipinski definition) is 4. The zero-order valence-electron chi connectivity index (χ0n) is 14.0. The molecule has 0 aliphatic rings. The summed E-state index contributed by atoms with van der Waals surface area (Å²) in [6, 6.07) is 20.0. The van der Waals surface area contributed by atoms with Crippen LogP contribution in [0, 0.1) is 0 Å². The van der Waals surface area contributed by atoms with Gasteiger partial charge in [-0.15, -0.1) is 0 Å². The van der Waals surface area contributed by atoms with E-state index in [2.05, 4.69) is 20.6 Å². The molecule has 0 radical (unpaired) electrons. The Bertz CT molecular complexity index is 963. The van der Waals surface area contributed by atoms with Crippen molar-refractivity contribution in [1.29, 1.82) is 0 Å². The molecule has 4 N–H and O–H groups in total. The molecule has 5 heteroatoms. The van der Waals surface area contributed by atoms with Crippen molar-refractivity contribution in [2.24, 2.45) is 0 Å². The van der Waals surface area contributed by atoms with Crippen LogP contribution in [0.1, 0.15) is 0 Å².